The Balaban J connectivity index is 2.00. The van der Waals surface area contributed by atoms with Crippen molar-refractivity contribution in [3.63, 3.8) is 0 Å². The molecule has 0 fully saturated rings. The lowest BCUT2D eigenvalue weighted by atomic mass is 10.1. The van der Waals surface area contributed by atoms with Crippen LogP contribution in [0.4, 0.5) is 0 Å². The van der Waals surface area contributed by atoms with Crippen LogP contribution < -0.4 is 14.2 Å². The van der Waals surface area contributed by atoms with Gasteiger partial charge in [-0.1, -0.05) is 18.2 Å². The SMILES string of the molecule is COc1cc(C=C2N=C(c3ccccc3)OC2=O)cc(OC)c1OC. The minimum atomic E-state index is -0.507. The van der Waals surface area contributed by atoms with E-state index in [2.05, 4.69) is 4.99 Å². The minimum Gasteiger partial charge on any atom is -0.493 e. The van der Waals surface area contributed by atoms with Crippen LogP contribution >= 0.6 is 0 Å². The normalized spacial score (nSPS) is 14.9. The molecule has 0 spiro atoms. The topological polar surface area (TPSA) is 66.4 Å². The second kappa shape index (κ2) is 7.09. The predicted octanol–water partition coefficient (Wildman–Crippen LogP) is 3.06. The van der Waals surface area contributed by atoms with Gasteiger partial charge in [0.15, 0.2) is 17.2 Å². The average molecular weight is 339 g/mol. The summed E-state index contributed by atoms with van der Waals surface area (Å²) in [6, 6.07) is 12.7. The molecule has 1 heterocycles. The van der Waals surface area contributed by atoms with E-state index < -0.39 is 5.97 Å². The molecule has 0 amide bonds. The molecule has 3 rings (SSSR count). The first kappa shape index (κ1) is 16.6. The standard InChI is InChI=1S/C19H17NO5/c1-22-15-10-12(11-16(23-2)17(15)24-3)9-14-19(21)25-18(20-14)13-7-5-4-6-8-13/h4-11H,1-3H3. The van der Waals surface area contributed by atoms with Crippen LogP contribution in [0.5, 0.6) is 17.2 Å². The number of cyclic esters (lactones) is 1. The van der Waals surface area contributed by atoms with Crippen LogP contribution in [0, 0.1) is 0 Å². The van der Waals surface area contributed by atoms with E-state index in [9.17, 15) is 4.79 Å². The number of nitrogens with zero attached hydrogens (tertiary/aromatic N) is 1. The third-order valence-corrected chi connectivity index (χ3v) is 3.63. The number of carbonyl (C=O) groups is 1. The summed E-state index contributed by atoms with van der Waals surface area (Å²) in [6.45, 7) is 0. The van der Waals surface area contributed by atoms with Crippen LogP contribution in [0.1, 0.15) is 11.1 Å². The van der Waals surface area contributed by atoms with Gasteiger partial charge >= 0.3 is 5.97 Å². The zero-order valence-corrected chi connectivity index (χ0v) is 14.1. The number of aliphatic imine (C=N–C) groups is 1. The smallest absolute Gasteiger partial charge is 0.363 e. The van der Waals surface area contributed by atoms with Gasteiger partial charge in [-0.3, -0.25) is 0 Å². The summed E-state index contributed by atoms with van der Waals surface area (Å²) in [5.41, 5.74) is 1.62. The van der Waals surface area contributed by atoms with Gasteiger partial charge in [-0.25, -0.2) is 9.79 Å². The molecule has 0 saturated heterocycles. The lowest BCUT2D eigenvalue weighted by Gasteiger charge is -2.12. The van der Waals surface area contributed by atoms with Crippen molar-refractivity contribution in [2.45, 2.75) is 0 Å². The molecule has 1 aliphatic heterocycles. The molecular weight excluding hydrogens is 322 g/mol. The van der Waals surface area contributed by atoms with Crippen LogP contribution in [0.15, 0.2) is 53.2 Å². The van der Waals surface area contributed by atoms with Crippen LogP contribution in [0.25, 0.3) is 6.08 Å². The molecule has 0 unspecified atom stereocenters. The van der Waals surface area contributed by atoms with Crippen molar-refractivity contribution in [1.29, 1.82) is 0 Å². The zero-order valence-electron chi connectivity index (χ0n) is 14.1. The molecule has 0 atom stereocenters. The molecule has 25 heavy (non-hydrogen) atoms. The van der Waals surface area contributed by atoms with Crippen molar-refractivity contribution >= 4 is 17.9 Å². The van der Waals surface area contributed by atoms with E-state index in [0.29, 0.717) is 22.8 Å². The number of benzene rings is 2. The van der Waals surface area contributed by atoms with E-state index in [-0.39, 0.29) is 11.6 Å². The minimum absolute atomic E-state index is 0.202. The molecule has 0 saturated carbocycles. The Morgan fingerprint density at radius 1 is 0.960 bits per heavy atom. The number of esters is 1. The van der Waals surface area contributed by atoms with Gasteiger partial charge in [0.25, 0.3) is 0 Å². The highest BCUT2D eigenvalue weighted by atomic mass is 16.6. The van der Waals surface area contributed by atoms with Crippen LogP contribution in [-0.2, 0) is 9.53 Å². The van der Waals surface area contributed by atoms with Crippen molar-refractivity contribution in [3.8, 4) is 17.2 Å². The Morgan fingerprint density at radius 3 is 2.16 bits per heavy atom. The van der Waals surface area contributed by atoms with Gasteiger partial charge in [-0.05, 0) is 35.9 Å². The monoisotopic (exact) mass is 339 g/mol. The molecule has 6 nitrogen and oxygen atoms in total. The van der Waals surface area contributed by atoms with Gasteiger partial charge < -0.3 is 18.9 Å². The van der Waals surface area contributed by atoms with Crippen LogP contribution in [0.2, 0.25) is 0 Å². The largest absolute Gasteiger partial charge is 0.493 e. The van der Waals surface area contributed by atoms with Gasteiger partial charge in [0.2, 0.25) is 11.6 Å². The highest BCUT2D eigenvalue weighted by molar-refractivity contribution is 6.12. The molecule has 1 aliphatic rings. The molecule has 0 aliphatic carbocycles. The molecule has 2 aromatic rings. The molecular formula is C19H17NO5. The first-order valence-corrected chi connectivity index (χ1v) is 7.54. The first-order valence-electron chi connectivity index (χ1n) is 7.54. The highest BCUT2D eigenvalue weighted by Crippen LogP contribution is 2.39. The predicted molar refractivity (Wildman–Crippen MR) is 93.1 cm³/mol. The maximum absolute atomic E-state index is 12.1. The summed E-state index contributed by atoms with van der Waals surface area (Å²) in [6.07, 6.45) is 1.61. The van der Waals surface area contributed by atoms with Crippen LogP contribution in [-0.4, -0.2) is 33.2 Å². The van der Waals surface area contributed by atoms with Gasteiger partial charge in [0, 0.05) is 5.56 Å². The summed E-state index contributed by atoms with van der Waals surface area (Å²) in [7, 11) is 4.59. The number of methoxy groups -OCH3 is 3. The molecule has 2 aromatic carbocycles. The molecule has 0 bridgehead atoms. The van der Waals surface area contributed by atoms with E-state index in [4.69, 9.17) is 18.9 Å². The molecule has 0 aromatic heterocycles. The summed E-state index contributed by atoms with van der Waals surface area (Å²) in [4.78, 5) is 16.4. The maximum atomic E-state index is 12.1. The van der Waals surface area contributed by atoms with Gasteiger partial charge in [0.1, 0.15) is 0 Å². The van der Waals surface area contributed by atoms with Crippen molar-refractivity contribution in [2.24, 2.45) is 4.99 Å². The lowest BCUT2D eigenvalue weighted by Crippen LogP contribution is -2.05. The Bertz CT molecular complexity index is 830. The maximum Gasteiger partial charge on any atom is 0.363 e. The van der Waals surface area contributed by atoms with Gasteiger partial charge in [-0.2, -0.15) is 0 Å². The summed E-state index contributed by atoms with van der Waals surface area (Å²) in [5, 5.41) is 0. The Morgan fingerprint density at radius 2 is 1.60 bits per heavy atom. The lowest BCUT2D eigenvalue weighted by molar-refractivity contribution is -0.129. The summed E-state index contributed by atoms with van der Waals surface area (Å²) < 4.78 is 21.2. The highest BCUT2D eigenvalue weighted by Gasteiger charge is 2.24. The molecule has 0 N–H and O–H groups in total. The van der Waals surface area contributed by atoms with E-state index in [0.717, 1.165) is 5.56 Å². The van der Waals surface area contributed by atoms with Gasteiger partial charge in [-0.15, -0.1) is 0 Å². The second-order valence-corrected chi connectivity index (χ2v) is 5.16. The van der Waals surface area contributed by atoms with E-state index in [1.807, 2.05) is 30.3 Å². The molecule has 6 heteroatoms. The van der Waals surface area contributed by atoms with Crippen molar-refractivity contribution in [3.05, 3.63) is 59.3 Å². The van der Waals surface area contributed by atoms with Crippen LogP contribution in [0.3, 0.4) is 0 Å². The quantitative estimate of drug-likeness (QED) is 0.619. The van der Waals surface area contributed by atoms with E-state index in [1.165, 1.54) is 21.3 Å². The van der Waals surface area contributed by atoms with Gasteiger partial charge in [0.05, 0.1) is 21.3 Å². The van der Waals surface area contributed by atoms with Crippen molar-refractivity contribution in [1.82, 2.24) is 0 Å². The number of hydrogen-bond donors (Lipinski definition) is 0. The van der Waals surface area contributed by atoms with E-state index in [1.54, 1.807) is 18.2 Å². The fourth-order valence-electron chi connectivity index (χ4n) is 2.46. The Hall–Kier alpha value is -3.28. The number of hydrogen-bond acceptors (Lipinski definition) is 6. The Kier molecular flexibility index (Phi) is 4.70. The summed E-state index contributed by atoms with van der Waals surface area (Å²) >= 11 is 0. The number of rotatable bonds is 5. The fourth-order valence-corrected chi connectivity index (χ4v) is 2.46. The second-order valence-electron chi connectivity index (χ2n) is 5.16. The molecule has 0 radical (unpaired) electrons. The number of ether oxygens (including phenoxy) is 4. The summed E-state index contributed by atoms with van der Waals surface area (Å²) in [5.74, 6) is 1.24. The first-order chi connectivity index (χ1) is 12.2. The fraction of sp³-hybridized carbons (Fsp3) is 0.158. The van der Waals surface area contributed by atoms with E-state index >= 15 is 0 Å². The average Bonchev–Trinajstić information content (AvgIpc) is 3.02. The number of carbonyl (C=O) groups excluding carboxylic acids is 1. The van der Waals surface area contributed by atoms with Crippen molar-refractivity contribution in [2.75, 3.05) is 21.3 Å². The zero-order chi connectivity index (χ0) is 17.8. The Labute approximate surface area is 145 Å². The third-order valence-electron chi connectivity index (χ3n) is 3.63. The van der Waals surface area contributed by atoms with Crippen molar-refractivity contribution < 1.29 is 23.7 Å². The molecule has 128 valence electrons. The third kappa shape index (κ3) is 3.33.